The van der Waals surface area contributed by atoms with Gasteiger partial charge in [0.25, 0.3) is 11.5 Å². The second-order valence-electron chi connectivity index (χ2n) is 6.54. The van der Waals surface area contributed by atoms with E-state index in [0.29, 0.717) is 33.4 Å². The molecule has 0 radical (unpaired) electrons. The van der Waals surface area contributed by atoms with Crippen LogP contribution in [-0.4, -0.2) is 38.8 Å². The number of fused-ring (bicyclic) bond motifs is 1. The molecule has 0 atom stereocenters. The molecule has 0 aliphatic carbocycles. The van der Waals surface area contributed by atoms with Crippen molar-refractivity contribution in [2.75, 3.05) is 18.1 Å². The average molecular weight is 412 g/mol. The Morgan fingerprint density at radius 2 is 1.86 bits per heavy atom. The number of carbonyl (C=O) groups excluding carboxylic acids is 1. The number of carbonyl (C=O) groups is 1. The molecule has 1 aliphatic heterocycles. The maximum atomic E-state index is 13.0. The average Bonchev–Trinajstić information content (AvgIpc) is 3.27. The molecule has 28 heavy (non-hydrogen) atoms. The van der Waals surface area contributed by atoms with Crippen LogP contribution < -0.4 is 5.56 Å². The molecule has 2 heterocycles. The van der Waals surface area contributed by atoms with Crippen LogP contribution in [0.4, 0.5) is 0 Å². The number of nitrogens with zero attached hydrogens (tertiary/aromatic N) is 2. The third-order valence-electron chi connectivity index (χ3n) is 4.72. The van der Waals surface area contributed by atoms with Crippen molar-refractivity contribution in [3.8, 4) is 0 Å². The van der Waals surface area contributed by atoms with E-state index >= 15 is 0 Å². The smallest absolute Gasteiger partial charge is 0.258 e. The second kappa shape index (κ2) is 8.41. The van der Waals surface area contributed by atoms with Gasteiger partial charge in [-0.1, -0.05) is 24.3 Å². The third kappa shape index (κ3) is 3.95. The van der Waals surface area contributed by atoms with Gasteiger partial charge >= 0.3 is 0 Å². The highest BCUT2D eigenvalue weighted by Gasteiger charge is 2.20. The minimum absolute atomic E-state index is 0.0587. The Hall–Kier alpha value is -2.25. The lowest BCUT2D eigenvalue weighted by Crippen LogP contribution is -2.32. The largest absolute Gasteiger partial charge is 0.331 e. The van der Waals surface area contributed by atoms with Gasteiger partial charge in [0.15, 0.2) is 0 Å². The number of benzene rings is 2. The van der Waals surface area contributed by atoms with Crippen LogP contribution in [0.25, 0.3) is 10.9 Å². The molecule has 1 aromatic heterocycles. The van der Waals surface area contributed by atoms with Gasteiger partial charge in [-0.2, -0.15) is 0 Å². The summed E-state index contributed by atoms with van der Waals surface area (Å²) < 4.78 is 0.471. The summed E-state index contributed by atoms with van der Waals surface area (Å²) in [5.74, 6) is 2.79. The molecule has 144 valence electrons. The van der Waals surface area contributed by atoms with Gasteiger partial charge in [-0.15, -0.1) is 23.5 Å². The highest BCUT2D eigenvalue weighted by Crippen LogP contribution is 2.45. The zero-order valence-electron chi connectivity index (χ0n) is 15.6. The molecule has 0 spiro atoms. The van der Waals surface area contributed by atoms with Gasteiger partial charge < -0.3 is 9.88 Å². The van der Waals surface area contributed by atoms with E-state index in [2.05, 4.69) is 9.97 Å². The Bertz CT molecular complexity index is 1040. The standard InChI is InChI=1S/C21H21N3O2S2/c1-2-24(13-18-22-17-6-4-3-5-16(17)19(25)23-18)20(26)14-7-9-15(10-8-14)21-27-11-12-28-21/h3-10,21H,2,11-13H2,1H3,(H,22,23,25). The maximum absolute atomic E-state index is 13.0. The van der Waals surface area contributed by atoms with Crippen molar-refractivity contribution in [2.45, 2.75) is 18.1 Å². The fraction of sp³-hybridized carbons (Fsp3) is 0.286. The van der Waals surface area contributed by atoms with Gasteiger partial charge in [0.1, 0.15) is 5.82 Å². The number of amides is 1. The highest BCUT2D eigenvalue weighted by molar-refractivity contribution is 8.19. The van der Waals surface area contributed by atoms with Crippen LogP contribution in [0.1, 0.15) is 33.3 Å². The van der Waals surface area contributed by atoms with E-state index in [9.17, 15) is 9.59 Å². The first-order chi connectivity index (χ1) is 13.7. The topological polar surface area (TPSA) is 66.1 Å². The molecule has 4 rings (SSSR count). The minimum atomic E-state index is -0.181. The van der Waals surface area contributed by atoms with Crippen LogP contribution in [0.3, 0.4) is 0 Å². The fourth-order valence-corrected chi connectivity index (χ4v) is 6.09. The van der Waals surface area contributed by atoms with E-state index in [1.165, 1.54) is 17.1 Å². The van der Waals surface area contributed by atoms with Crippen molar-refractivity contribution >= 4 is 40.3 Å². The van der Waals surface area contributed by atoms with E-state index in [-0.39, 0.29) is 18.0 Å². The molecule has 5 nitrogen and oxygen atoms in total. The molecule has 3 aromatic rings. The van der Waals surface area contributed by atoms with Crippen molar-refractivity contribution in [2.24, 2.45) is 0 Å². The number of hydrogen-bond donors (Lipinski definition) is 1. The van der Waals surface area contributed by atoms with Gasteiger partial charge in [0, 0.05) is 23.6 Å². The number of nitrogens with one attached hydrogen (secondary N) is 1. The summed E-state index contributed by atoms with van der Waals surface area (Å²) in [6.07, 6.45) is 0. The molecule has 1 N–H and O–H groups in total. The van der Waals surface area contributed by atoms with Crippen LogP contribution in [0.15, 0.2) is 53.3 Å². The summed E-state index contributed by atoms with van der Waals surface area (Å²) in [6.45, 7) is 2.73. The quantitative estimate of drug-likeness (QED) is 0.686. The predicted octanol–water partition coefficient (Wildman–Crippen LogP) is 4.06. The van der Waals surface area contributed by atoms with Crippen molar-refractivity contribution in [3.05, 3.63) is 75.8 Å². The predicted molar refractivity (Wildman–Crippen MR) is 117 cm³/mol. The lowest BCUT2D eigenvalue weighted by molar-refractivity contribution is 0.0748. The van der Waals surface area contributed by atoms with Gasteiger partial charge in [-0.05, 0) is 36.8 Å². The summed E-state index contributed by atoms with van der Waals surface area (Å²) in [7, 11) is 0. The van der Waals surface area contributed by atoms with Crippen molar-refractivity contribution in [1.29, 1.82) is 0 Å². The van der Waals surface area contributed by atoms with Crippen molar-refractivity contribution < 1.29 is 4.79 Å². The van der Waals surface area contributed by atoms with Crippen molar-refractivity contribution in [3.63, 3.8) is 0 Å². The first kappa shape index (κ1) is 19.1. The van der Waals surface area contributed by atoms with Crippen LogP contribution in [-0.2, 0) is 6.54 Å². The minimum Gasteiger partial charge on any atom is -0.331 e. The van der Waals surface area contributed by atoms with E-state index in [1.54, 1.807) is 11.0 Å². The molecule has 1 amide bonds. The van der Waals surface area contributed by atoms with E-state index in [0.717, 1.165) is 0 Å². The molecule has 0 saturated carbocycles. The summed E-state index contributed by atoms with van der Waals surface area (Å²) in [5, 5.41) is 0.555. The van der Waals surface area contributed by atoms with Crippen LogP contribution >= 0.6 is 23.5 Å². The Balaban J connectivity index is 1.53. The maximum Gasteiger partial charge on any atom is 0.258 e. The van der Waals surface area contributed by atoms with Gasteiger partial charge in [0.05, 0.1) is 22.0 Å². The fourth-order valence-electron chi connectivity index (χ4n) is 3.23. The molecule has 0 bridgehead atoms. The van der Waals surface area contributed by atoms with Gasteiger partial charge in [-0.25, -0.2) is 4.98 Å². The number of hydrogen-bond acceptors (Lipinski definition) is 5. The number of para-hydroxylation sites is 1. The molecular weight excluding hydrogens is 390 g/mol. The molecule has 2 aromatic carbocycles. The summed E-state index contributed by atoms with van der Waals surface area (Å²) in [5.41, 5.74) is 2.37. The van der Waals surface area contributed by atoms with Crippen LogP contribution in [0.5, 0.6) is 0 Å². The highest BCUT2D eigenvalue weighted by atomic mass is 32.2. The van der Waals surface area contributed by atoms with Gasteiger partial charge in [-0.3, -0.25) is 9.59 Å². The lowest BCUT2D eigenvalue weighted by Gasteiger charge is -2.21. The zero-order chi connectivity index (χ0) is 19.5. The molecule has 0 unspecified atom stereocenters. The monoisotopic (exact) mass is 411 g/mol. The lowest BCUT2D eigenvalue weighted by atomic mass is 10.1. The summed E-state index contributed by atoms with van der Waals surface area (Å²) in [6, 6.07) is 15.1. The number of rotatable bonds is 5. The zero-order valence-corrected chi connectivity index (χ0v) is 17.2. The van der Waals surface area contributed by atoms with Crippen LogP contribution in [0, 0.1) is 0 Å². The SMILES string of the molecule is CCN(Cc1nc2ccccc2c(=O)[nH]1)C(=O)c1ccc(C2SCCS2)cc1. The normalized spacial score (nSPS) is 14.5. The van der Waals surface area contributed by atoms with Gasteiger partial charge in [0.2, 0.25) is 0 Å². The molecular formula is C21H21N3O2S2. The molecule has 7 heteroatoms. The third-order valence-corrected chi connectivity index (χ3v) is 7.83. The Labute approximate surface area is 171 Å². The second-order valence-corrected chi connectivity index (χ2v) is 9.27. The Morgan fingerprint density at radius 1 is 1.14 bits per heavy atom. The Morgan fingerprint density at radius 3 is 2.57 bits per heavy atom. The van der Waals surface area contributed by atoms with E-state index in [4.69, 9.17) is 0 Å². The number of aromatic nitrogens is 2. The summed E-state index contributed by atoms with van der Waals surface area (Å²) >= 11 is 3.90. The number of H-pyrrole nitrogens is 1. The Kier molecular flexibility index (Phi) is 5.73. The van der Waals surface area contributed by atoms with Crippen LogP contribution in [0.2, 0.25) is 0 Å². The molecule has 1 fully saturated rings. The van der Waals surface area contributed by atoms with E-state index in [1.807, 2.05) is 72.9 Å². The number of thioether (sulfide) groups is 2. The van der Waals surface area contributed by atoms with Crippen molar-refractivity contribution in [1.82, 2.24) is 14.9 Å². The van der Waals surface area contributed by atoms with E-state index < -0.39 is 0 Å². The first-order valence-electron chi connectivity index (χ1n) is 9.26. The molecule has 1 aliphatic rings. The molecule has 1 saturated heterocycles. The summed E-state index contributed by atoms with van der Waals surface area (Å²) in [4.78, 5) is 34.2. The first-order valence-corrected chi connectivity index (χ1v) is 11.4. The number of aromatic amines is 1.